The molecule has 0 amide bonds. The first-order valence-corrected chi connectivity index (χ1v) is 13.5. The van der Waals surface area contributed by atoms with E-state index in [1.807, 2.05) is 25.7 Å². The topological polar surface area (TPSA) is 17.1 Å². The fourth-order valence-corrected chi connectivity index (χ4v) is 7.95. The van der Waals surface area contributed by atoms with Crippen molar-refractivity contribution in [1.29, 1.82) is 0 Å². The SMILES string of the molecule is C[Si](C)(C)c1cccc(C(=O)C(F)(F)F)c1[Si](C)(C)C. The van der Waals surface area contributed by atoms with E-state index in [0.717, 1.165) is 5.19 Å². The highest BCUT2D eigenvalue weighted by Crippen LogP contribution is 2.22. The molecule has 0 heterocycles. The third-order valence-electron chi connectivity index (χ3n) is 3.12. The van der Waals surface area contributed by atoms with Crippen molar-refractivity contribution in [2.24, 2.45) is 0 Å². The summed E-state index contributed by atoms with van der Waals surface area (Å²) >= 11 is 0. The van der Waals surface area contributed by atoms with Crippen LogP contribution in [0.4, 0.5) is 13.2 Å². The van der Waals surface area contributed by atoms with Gasteiger partial charge in [0.1, 0.15) is 0 Å². The lowest BCUT2D eigenvalue weighted by Crippen LogP contribution is -2.58. The minimum Gasteiger partial charge on any atom is -0.284 e. The fourth-order valence-electron chi connectivity index (χ4n) is 2.33. The molecule has 0 atom stereocenters. The molecule has 0 saturated heterocycles. The zero-order valence-corrected chi connectivity index (χ0v) is 14.8. The van der Waals surface area contributed by atoms with Gasteiger partial charge in [-0.2, -0.15) is 13.2 Å². The molecule has 0 bridgehead atoms. The maximum atomic E-state index is 12.8. The molecule has 1 aromatic rings. The Morgan fingerprint density at radius 1 is 0.950 bits per heavy atom. The first-order valence-electron chi connectivity index (χ1n) is 6.52. The predicted octanol–water partition coefficient (Wildman–Crippen LogP) is 3.52. The van der Waals surface area contributed by atoms with Crippen molar-refractivity contribution in [2.75, 3.05) is 0 Å². The Labute approximate surface area is 120 Å². The van der Waals surface area contributed by atoms with Crippen LogP contribution in [0.3, 0.4) is 0 Å². The zero-order valence-electron chi connectivity index (χ0n) is 12.8. The molecule has 0 aromatic heterocycles. The average Bonchev–Trinajstić information content (AvgIpc) is 2.23. The summed E-state index contributed by atoms with van der Waals surface area (Å²) in [5.41, 5.74) is -0.142. The van der Waals surface area contributed by atoms with Gasteiger partial charge in [-0.25, -0.2) is 0 Å². The highest BCUT2D eigenvalue weighted by molar-refractivity contribution is 6.99. The van der Waals surface area contributed by atoms with Crippen molar-refractivity contribution in [3.05, 3.63) is 23.8 Å². The van der Waals surface area contributed by atoms with Crippen LogP contribution < -0.4 is 10.4 Å². The molecule has 1 nitrogen and oxygen atoms in total. The van der Waals surface area contributed by atoms with Crippen LogP contribution in [0.15, 0.2) is 18.2 Å². The summed E-state index contributed by atoms with van der Waals surface area (Å²) in [6.07, 6.45) is -4.81. The first-order chi connectivity index (χ1) is 8.76. The van der Waals surface area contributed by atoms with Gasteiger partial charge in [-0.05, 0) is 5.19 Å². The molecule has 0 aliphatic rings. The molecule has 0 saturated carbocycles. The lowest BCUT2D eigenvalue weighted by molar-refractivity contribution is -0.0884. The molecule has 0 spiro atoms. The number of hydrogen-bond donors (Lipinski definition) is 0. The molecule has 112 valence electrons. The summed E-state index contributed by atoms with van der Waals surface area (Å²) in [5.74, 6) is -1.71. The summed E-state index contributed by atoms with van der Waals surface area (Å²) in [5, 5.41) is 1.66. The van der Waals surface area contributed by atoms with Gasteiger partial charge in [-0.1, -0.05) is 62.7 Å². The number of carbonyl (C=O) groups is 1. The van der Waals surface area contributed by atoms with Gasteiger partial charge >= 0.3 is 6.18 Å². The number of benzene rings is 1. The van der Waals surface area contributed by atoms with Gasteiger partial charge in [0.2, 0.25) is 0 Å². The Morgan fingerprint density at radius 2 is 1.45 bits per heavy atom. The predicted molar refractivity (Wildman–Crippen MR) is 82.8 cm³/mol. The van der Waals surface area contributed by atoms with Crippen molar-refractivity contribution < 1.29 is 18.0 Å². The van der Waals surface area contributed by atoms with Gasteiger partial charge < -0.3 is 0 Å². The minimum absolute atomic E-state index is 0.142. The summed E-state index contributed by atoms with van der Waals surface area (Å²) in [4.78, 5) is 11.7. The molecule has 0 fully saturated rings. The van der Waals surface area contributed by atoms with Gasteiger partial charge in [-0.15, -0.1) is 0 Å². The quantitative estimate of drug-likeness (QED) is 0.615. The number of ketones is 1. The third kappa shape index (κ3) is 3.60. The van der Waals surface area contributed by atoms with Crippen LogP contribution >= 0.6 is 0 Å². The minimum atomic E-state index is -4.81. The molecule has 0 radical (unpaired) electrons. The Morgan fingerprint density at radius 3 is 1.80 bits per heavy atom. The van der Waals surface area contributed by atoms with E-state index in [9.17, 15) is 18.0 Å². The summed E-state index contributed by atoms with van der Waals surface area (Å²) in [7, 11) is -3.87. The summed E-state index contributed by atoms with van der Waals surface area (Å²) in [6, 6.07) is 4.80. The van der Waals surface area contributed by atoms with Crippen LogP contribution in [0.25, 0.3) is 0 Å². The Kier molecular flexibility index (Phi) is 4.42. The van der Waals surface area contributed by atoms with E-state index in [-0.39, 0.29) is 5.56 Å². The number of halogens is 3. The second kappa shape index (κ2) is 5.14. The molecule has 20 heavy (non-hydrogen) atoms. The van der Waals surface area contributed by atoms with Crippen LogP contribution in [-0.2, 0) is 0 Å². The zero-order chi connectivity index (χ0) is 15.9. The maximum absolute atomic E-state index is 12.8. The van der Waals surface area contributed by atoms with Crippen molar-refractivity contribution in [2.45, 2.75) is 45.5 Å². The van der Waals surface area contributed by atoms with Gasteiger partial charge in [0.05, 0.1) is 16.1 Å². The molecular weight excluding hydrogens is 297 g/mol. The number of alkyl halides is 3. The Bertz CT molecular complexity index is 523. The normalized spacial score (nSPS) is 13.4. The second-order valence-electron chi connectivity index (χ2n) is 7.06. The van der Waals surface area contributed by atoms with Crippen molar-refractivity contribution >= 4 is 32.3 Å². The van der Waals surface area contributed by atoms with Gasteiger partial charge in [0, 0.05) is 5.56 Å². The summed E-state index contributed by atoms with van der Waals surface area (Å²) in [6.45, 7) is 12.2. The van der Waals surface area contributed by atoms with Crippen molar-refractivity contribution in [3.8, 4) is 0 Å². The van der Waals surface area contributed by atoms with Gasteiger partial charge in [-0.3, -0.25) is 4.79 Å². The maximum Gasteiger partial charge on any atom is 0.454 e. The van der Waals surface area contributed by atoms with Crippen LogP contribution in [0.1, 0.15) is 10.4 Å². The van der Waals surface area contributed by atoms with Crippen molar-refractivity contribution in [3.63, 3.8) is 0 Å². The van der Waals surface area contributed by atoms with Crippen LogP contribution in [0, 0.1) is 0 Å². The molecule has 6 heteroatoms. The van der Waals surface area contributed by atoms with Crippen LogP contribution in [-0.4, -0.2) is 28.1 Å². The largest absolute Gasteiger partial charge is 0.454 e. The Hall–Kier alpha value is -0.886. The van der Waals surface area contributed by atoms with E-state index in [1.165, 1.54) is 6.07 Å². The summed E-state index contributed by atoms with van der Waals surface area (Å²) < 4.78 is 38.4. The van der Waals surface area contributed by atoms with E-state index in [2.05, 4.69) is 19.6 Å². The van der Waals surface area contributed by atoms with E-state index < -0.39 is 28.1 Å². The fraction of sp³-hybridized carbons (Fsp3) is 0.500. The Balaban J connectivity index is 3.68. The van der Waals surface area contributed by atoms with E-state index in [0.29, 0.717) is 5.19 Å². The molecule has 0 N–H and O–H groups in total. The highest BCUT2D eigenvalue weighted by Gasteiger charge is 2.42. The van der Waals surface area contributed by atoms with Crippen LogP contribution in [0.5, 0.6) is 0 Å². The number of carbonyl (C=O) groups excluding carboxylic acids is 1. The third-order valence-corrected chi connectivity index (χ3v) is 7.45. The molecule has 1 rings (SSSR count). The van der Waals surface area contributed by atoms with Crippen molar-refractivity contribution in [1.82, 2.24) is 0 Å². The molecule has 0 aliphatic heterocycles. The average molecular weight is 318 g/mol. The second-order valence-corrected chi connectivity index (χ2v) is 17.1. The van der Waals surface area contributed by atoms with Crippen LogP contribution in [0.2, 0.25) is 39.3 Å². The van der Waals surface area contributed by atoms with E-state index >= 15 is 0 Å². The number of rotatable bonds is 3. The van der Waals surface area contributed by atoms with Gasteiger partial charge in [0.25, 0.3) is 5.78 Å². The lowest BCUT2D eigenvalue weighted by Gasteiger charge is -2.30. The standard InChI is InChI=1S/C14H21F3OSi2/c1-19(2,3)11-9-7-8-10(12(11)20(4,5)6)13(18)14(15,16)17/h7-9H,1-6H3. The van der Waals surface area contributed by atoms with E-state index in [4.69, 9.17) is 0 Å². The molecule has 0 unspecified atom stereocenters. The molecular formula is C14H21F3OSi2. The smallest absolute Gasteiger partial charge is 0.284 e. The highest BCUT2D eigenvalue weighted by atomic mass is 28.3. The molecule has 1 aromatic carbocycles. The monoisotopic (exact) mass is 318 g/mol. The van der Waals surface area contributed by atoms with Gasteiger partial charge in [0.15, 0.2) is 0 Å². The number of hydrogen-bond acceptors (Lipinski definition) is 1. The first kappa shape index (κ1) is 17.2. The number of Topliss-reactive ketones (excluding diaryl/α,β-unsaturated/α-hetero) is 1. The lowest BCUT2D eigenvalue weighted by atomic mass is 10.1. The van der Waals surface area contributed by atoms with E-state index in [1.54, 1.807) is 6.07 Å². The molecule has 0 aliphatic carbocycles.